The average Bonchev–Trinajstić information content (AvgIpc) is 3.16. The fourth-order valence-electron chi connectivity index (χ4n) is 7.47. The lowest BCUT2D eigenvalue weighted by Crippen LogP contribution is -2.67. The monoisotopic (exact) mass is 881 g/mol. The Morgan fingerprint density at radius 1 is 0.644 bits per heavy atom. The van der Waals surface area contributed by atoms with E-state index >= 15 is 0 Å². The van der Waals surface area contributed by atoms with Crippen LogP contribution in [0.15, 0.2) is 0 Å². The quantitative estimate of drug-likeness (QED) is 0.0573. The first-order valence-corrected chi connectivity index (χ1v) is 20.0. The molecule has 5 fully saturated rings. The summed E-state index contributed by atoms with van der Waals surface area (Å²) in [5, 5.41) is 63.9. The maximum absolute atomic E-state index is 12.3. The maximum Gasteiger partial charge on any atom is 0.397 e. The molecular weight excluding hydrogens is 826 g/mol. The van der Waals surface area contributed by atoms with Crippen molar-refractivity contribution in [3.8, 4) is 0 Å². The van der Waals surface area contributed by atoms with E-state index < -0.39 is 164 Å². The Labute approximate surface area is 337 Å². The van der Waals surface area contributed by atoms with Gasteiger partial charge in [-0.15, -0.1) is 0 Å². The minimum absolute atomic E-state index is 0.0756. The number of ether oxygens (including phenoxy) is 11. The molecule has 0 aromatic rings. The van der Waals surface area contributed by atoms with Crippen LogP contribution in [0, 0.1) is 5.92 Å². The predicted molar refractivity (Wildman–Crippen MR) is 186 cm³/mol. The minimum Gasteiger partial charge on any atom is -0.479 e. The highest BCUT2D eigenvalue weighted by Gasteiger charge is 2.56. The summed E-state index contributed by atoms with van der Waals surface area (Å²) in [6.07, 6.45) is -29.9. The van der Waals surface area contributed by atoms with Crippen LogP contribution in [-0.4, -0.2) is 204 Å². The molecule has 24 atom stereocenters. The van der Waals surface area contributed by atoms with Gasteiger partial charge in [-0.1, -0.05) is 6.92 Å². The van der Waals surface area contributed by atoms with Crippen molar-refractivity contribution in [2.75, 3.05) is 7.11 Å². The zero-order valence-electron chi connectivity index (χ0n) is 32.4. The molecule has 5 aliphatic rings. The van der Waals surface area contributed by atoms with E-state index in [0.717, 1.165) is 0 Å². The number of carbonyl (C=O) groups excluding carboxylic acids is 1. The molecule has 27 heteroatoms. The van der Waals surface area contributed by atoms with Gasteiger partial charge in [0.15, 0.2) is 49.8 Å². The minimum atomic E-state index is -5.35. The van der Waals surface area contributed by atoms with Gasteiger partial charge in [0.05, 0.1) is 48.6 Å². The first-order chi connectivity index (χ1) is 27.6. The van der Waals surface area contributed by atoms with Crippen molar-refractivity contribution in [3.05, 3.63) is 0 Å². The lowest BCUT2D eigenvalue weighted by Gasteiger charge is -2.48. The Hall–Kier alpha value is -1.91. The summed E-state index contributed by atoms with van der Waals surface area (Å²) in [6, 6.07) is -3.61. The Morgan fingerprint density at radius 2 is 1.24 bits per heavy atom. The number of rotatable bonds is 14. The van der Waals surface area contributed by atoms with Crippen molar-refractivity contribution in [1.29, 1.82) is 0 Å². The fourth-order valence-corrected chi connectivity index (χ4v) is 7.95. The fraction of sp³-hybridized carbons (Fsp3) is 0.938. The van der Waals surface area contributed by atoms with Crippen LogP contribution in [0.5, 0.6) is 0 Å². The van der Waals surface area contributed by atoms with Gasteiger partial charge >= 0.3 is 16.4 Å². The van der Waals surface area contributed by atoms with E-state index in [1.807, 2.05) is 0 Å². The Kier molecular flexibility index (Phi) is 16.0. The molecule has 0 spiro atoms. The third kappa shape index (κ3) is 10.7. The lowest BCUT2D eigenvalue weighted by molar-refractivity contribution is -0.385. The second-order valence-electron chi connectivity index (χ2n) is 15.1. The number of carbonyl (C=O) groups is 2. The summed E-state index contributed by atoms with van der Waals surface area (Å²) in [7, 11) is -4.06. The summed E-state index contributed by atoms with van der Waals surface area (Å²) in [5.74, 6) is -2.51. The molecular formula is C32H55N3O23S. The lowest BCUT2D eigenvalue weighted by atomic mass is 9.91. The number of aliphatic hydroxyl groups is 5. The molecule has 26 nitrogen and oxygen atoms in total. The molecule has 0 bridgehead atoms. The van der Waals surface area contributed by atoms with Crippen LogP contribution in [0.1, 0.15) is 34.1 Å². The summed E-state index contributed by atoms with van der Waals surface area (Å²) in [5.41, 5.74) is 18.4. The maximum atomic E-state index is 12.3. The normalized spacial score (nSPS) is 49.9. The van der Waals surface area contributed by atoms with Crippen LogP contribution in [0.25, 0.3) is 0 Å². The second kappa shape index (κ2) is 19.6. The van der Waals surface area contributed by atoms with Gasteiger partial charge in [-0.25, -0.2) is 8.98 Å². The van der Waals surface area contributed by atoms with E-state index in [-0.39, 0.29) is 12.9 Å². The molecule has 0 aromatic heterocycles. The summed E-state index contributed by atoms with van der Waals surface area (Å²) in [4.78, 5) is 23.9. The SMILES string of the molecule is CO[C@@H]1OC(C)[C@H](O[C@@H]2OC(OC=O)[C@H](O[C@@H]3OC(C)[C@H](O[C@@H]4OC(C(=O)O)[C@H](O[C@@H]5OC(C)[C@H](O)[C@H](O)C5N)[C@H](O)C4C)CC3N)[C@H](O)C2OS(=O)(=O)O)[C@H](O)C1N. The zero-order valence-corrected chi connectivity index (χ0v) is 33.3. The standard InChI is InChI=1S/C32H55N3O23S/c1-8-16(37)22(54-30-14(34)18(39)17(38)10(3)50-30)25(26(42)43)56-27(8)52-13-6-12(33)28(49-9(13)2)55-23-20(41)24(58-59(44,45)46)32(57-31(23)48-7-36)53-21-11(4)51-29(47-5)15(35)19(21)40/h7-25,27-32,37-41H,6,33-35H2,1-5H3,(H,42,43)(H,44,45,46)/t8?,9?,10?,11?,12?,13-,14?,15?,16-,17+,18-,19-,20+,21+,22-,23-,24?,25?,27-,28+,29-,30+,31?,32-/m1/s1. The van der Waals surface area contributed by atoms with Crippen molar-refractivity contribution in [2.24, 2.45) is 23.1 Å². The number of hydrogen-bond donors (Lipinski definition) is 10. The van der Waals surface area contributed by atoms with Gasteiger partial charge in [0.25, 0.3) is 6.47 Å². The third-order valence-electron chi connectivity index (χ3n) is 10.9. The number of hydrogen-bond acceptors (Lipinski definition) is 24. The van der Waals surface area contributed by atoms with Gasteiger partial charge < -0.3 is 99.9 Å². The molecule has 5 aliphatic heterocycles. The van der Waals surface area contributed by atoms with Crippen molar-refractivity contribution in [2.45, 2.75) is 175 Å². The van der Waals surface area contributed by atoms with Gasteiger partial charge in [-0.05, 0) is 27.2 Å². The zero-order chi connectivity index (χ0) is 43.8. The molecule has 0 aliphatic carbocycles. The van der Waals surface area contributed by atoms with Gasteiger partial charge in [0.2, 0.25) is 6.29 Å². The van der Waals surface area contributed by atoms with Crippen LogP contribution in [0.4, 0.5) is 0 Å². The molecule has 5 saturated heterocycles. The number of carboxylic acids is 1. The van der Waals surface area contributed by atoms with E-state index in [1.54, 1.807) is 0 Å². The number of aliphatic carboxylic acids is 1. The molecule has 59 heavy (non-hydrogen) atoms. The van der Waals surface area contributed by atoms with E-state index in [4.69, 9.17) is 73.5 Å². The number of methoxy groups -OCH3 is 1. The van der Waals surface area contributed by atoms with Crippen molar-refractivity contribution >= 4 is 22.8 Å². The summed E-state index contributed by atoms with van der Waals surface area (Å²) < 4.78 is 100. The van der Waals surface area contributed by atoms with Crippen molar-refractivity contribution < 1.29 is 109 Å². The number of carboxylic acid groups (broad SMARTS) is 1. The smallest absolute Gasteiger partial charge is 0.397 e. The van der Waals surface area contributed by atoms with Crippen LogP contribution < -0.4 is 17.2 Å². The van der Waals surface area contributed by atoms with Crippen LogP contribution in [0.2, 0.25) is 0 Å². The Balaban J connectivity index is 1.26. The second-order valence-corrected chi connectivity index (χ2v) is 16.1. The van der Waals surface area contributed by atoms with E-state index in [9.17, 15) is 53.2 Å². The highest BCUT2D eigenvalue weighted by Crippen LogP contribution is 2.37. The molecule has 10 unspecified atom stereocenters. The highest BCUT2D eigenvalue weighted by atomic mass is 32.3. The Bertz CT molecular complexity index is 1520. The first-order valence-electron chi connectivity index (χ1n) is 18.6. The molecule has 0 aromatic carbocycles. The molecule has 13 N–H and O–H groups in total. The number of nitrogens with two attached hydrogens (primary N) is 3. The summed E-state index contributed by atoms with van der Waals surface area (Å²) in [6.45, 7) is 5.82. The molecule has 5 rings (SSSR count). The van der Waals surface area contributed by atoms with E-state index in [0.29, 0.717) is 0 Å². The van der Waals surface area contributed by atoms with Crippen LogP contribution >= 0.6 is 0 Å². The van der Waals surface area contributed by atoms with Gasteiger partial charge in [0, 0.05) is 13.0 Å². The van der Waals surface area contributed by atoms with Crippen LogP contribution in [0.3, 0.4) is 0 Å². The molecule has 5 heterocycles. The third-order valence-corrected chi connectivity index (χ3v) is 11.4. The highest BCUT2D eigenvalue weighted by molar-refractivity contribution is 7.80. The first kappa shape index (κ1) is 48.1. The average molecular weight is 882 g/mol. The predicted octanol–water partition coefficient (Wildman–Crippen LogP) is -5.93. The van der Waals surface area contributed by atoms with Crippen molar-refractivity contribution in [3.63, 3.8) is 0 Å². The van der Waals surface area contributed by atoms with E-state index in [1.165, 1.54) is 34.8 Å². The topological polar surface area (TPSA) is 399 Å². The van der Waals surface area contributed by atoms with Crippen LogP contribution in [-0.2, 0) is 76.3 Å². The van der Waals surface area contributed by atoms with Gasteiger partial charge in [0.1, 0.15) is 36.6 Å². The largest absolute Gasteiger partial charge is 0.479 e. The summed E-state index contributed by atoms with van der Waals surface area (Å²) >= 11 is 0. The van der Waals surface area contributed by atoms with Crippen molar-refractivity contribution in [1.82, 2.24) is 0 Å². The van der Waals surface area contributed by atoms with Gasteiger partial charge in [-0.2, -0.15) is 8.42 Å². The Morgan fingerprint density at radius 3 is 1.85 bits per heavy atom. The molecule has 0 radical (unpaired) electrons. The molecule has 342 valence electrons. The molecule has 0 saturated carbocycles. The molecule has 0 amide bonds. The van der Waals surface area contributed by atoms with Gasteiger partial charge in [-0.3, -0.25) is 9.35 Å². The van der Waals surface area contributed by atoms with E-state index in [2.05, 4.69) is 0 Å². The number of aliphatic hydroxyl groups excluding tert-OH is 5.